The van der Waals surface area contributed by atoms with Crippen LogP contribution in [0, 0.1) is 0 Å². The van der Waals surface area contributed by atoms with Crippen molar-refractivity contribution in [2.45, 2.75) is 23.7 Å². The molecule has 2 heterocycles. The van der Waals surface area contributed by atoms with Crippen molar-refractivity contribution in [1.82, 2.24) is 9.97 Å². The lowest BCUT2D eigenvalue weighted by atomic mass is 10.1. The number of nitrogens with zero attached hydrogens (tertiary/aromatic N) is 2. The molecule has 0 saturated heterocycles. The van der Waals surface area contributed by atoms with E-state index in [0.29, 0.717) is 24.8 Å². The van der Waals surface area contributed by atoms with E-state index in [1.54, 1.807) is 11.8 Å². The van der Waals surface area contributed by atoms with Gasteiger partial charge in [0.1, 0.15) is 11.6 Å². The highest BCUT2D eigenvalue weighted by molar-refractivity contribution is 9.10. The lowest BCUT2D eigenvalue weighted by Crippen LogP contribution is -2.20. The number of hydrogen-bond acceptors (Lipinski definition) is 6. The van der Waals surface area contributed by atoms with Crippen molar-refractivity contribution in [1.29, 1.82) is 0 Å². The van der Waals surface area contributed by atoms with Gasteiger partial charge in [0.25, 0.3) is 0 Å². The summed E-state index contributed by atoms with van der Waals surface area (Å²) in [5, 5.41) is 0. The summed E-state index contributed by atoms with van der Waals surface area (Å²) in [6.45, 7) is 1.22. The Morgan fingerprint density at radius 2 is 2.29 bits per heavy atom. The number of halogens is 1. The summed E-state index contributed by atoms with van der Waals surface area (Å²) in [7, 11) is 0. The third kappa shape index (κ3) is 3.55. The molecule has 21 heavy (non-hydrogen) atoms. The molecule has 110 valence electrons. The van der Waals surface area contributed by atoms with Crippen LogP contribution >= 0.6 is 27.7 Å². The summed E-state index contributed by atoms with van der Waals surface area (Å²) >= 11 is 5.18. The fourth-order valence-corrected chi connectivity index (χ4v) is 3.53. The molecule has 3 N–H and O–H groups in total. The molecular weight excluding hydrogens is 352 g/mol. The van der Waals surface area contributed by atoms with E-state index in [0.717, 1.165) is 28.0 Å². The summed E-state index contributed by atoms with van der Waals surface area (Å²) in [6.07, 6.45) is 0.807. The summed E-state index contributed by atoms with van der Waals surface area (Å²) in [5.41, 5.74) is 4.66. The second-order valence-electron chi connectivity index (χ2n) is 4.61. The molecule has 0 radical (unpaired) electrons. The van der Waals surface area contributed by atoms with Gasteiger partial charge in [0.2, 0.25) is 0 Å². The molecule has 0 unspecified atom stereocenters. The number of thioether (sulfide) groups is 1. The maximum absolute atomic E-state index is 5.56. The summed E-state index contributed by atoms with van der Waals surface area (Å²) in [4.78, 5) is 10.3. The Bertz CT molecular complexity index is 636. The topological polar surface area (TPSA) is 73.1 Å². The van der Waals surface area contributed by atoms with E-state index in [2.05, 4.69) is 43.5 Å². The molecular formula is C14H15BrN4OS. The minimum Gasteiger partial charge on any atom is -0.376 e. The number of benzene rings is 1. The highest BCUT2D eigenvalue weighted by Crippen LogP contribution is 2.27. The zero-order chi connectivity index (χ0) is 14.7. The van der Waals surface area contributed by atoms with Crippen molar-refractivity contribution in [2.24, 2.45) is 5.84 Å². The first-order valence-electron chi connectivity index (χ1n) is 6.57. The van der Waals surface area contributed by atoms with Crippen LogP contribution in [0.15, 0.2) is 33.6 Å². The Kier molecular flexibility index (Phi) is 4.74. The fraction of sp³-hybridized carbons (Fsp3) is 0.286. The van der Waals surface area contributed by atoms with Crippen molar-refractivity contribution in [3.05, 3.63) is 45.8 Å². The predicted octanol–water partition coefficient (Wildman–Crippen LogP) is 2.89. The van der Waals surface area contributed by atoms with Crippen molar-refractivity contribution < 1.29 is 4.74 Å². The zero-order valence-corrected chi connectivity index (χ0v) is 13.7. The number of hydrazine groups is 1. The molecule has 5 nitrogen and oxygen atoms in total. The van der Waals surface area contributed by atoms with Gasteiger partial charge in [0, 0.05) is 21.4 Å². The van der Waals surface area contributed by atoms with Crippen LogP contribution in [-0.2, 0) is 23.5 Å². The Balaban J connectivity index is 1.79. The van der Waals surface area contributed by atoms with Crippen LogP contribution in [-0.4, -0.2) is 16.6 Å². The van der Waals surface area contributed by atoms with Crippen LogP contribution in [0.25, 0.3) is 0 Å². The molecule has 1 aliphatic heterocycles. The molecule has 0 fully saturated rings. The normalized spacial score (nSPS) is 13.8. The van der Waals surface area contributed by atoms with Gasteiger partial charge in [-0.2, -0.15) is 0 Å². The molecule has 1 aromatic heterocycles. The first-order valence-corrected chi connectivity index (χ1v) is 8.35. The molecule has 7 heteroatoms. The van der Waals surface area contributed by atoms with Crippen LogP contribution in [0.2, 0.25) is 0 Å². The van der Waals surface area contributed by atoms with Crippen LogP contribution in [0.3, 0.4) is 0 Å². The Hall–Kier alpha value is -1.15. The number of nitrogens with one attached hydrogen (secondary N) is 1. The third-order valence-corrected chi connectivity index (χ3v) is 4.65. The predicted molar refractivity (Wildman–Crippen MR) is 86.9 cm³/mol. The van der Waals surface area contributed by atoms with Crippen LogP contribution in [0.5, 0.6) is 0 Å². The number of nitrogen functional groups attached to an aromatic ring is 1. The maximum atomic E-state index is 5.56. The quantitative estimate of drug-likeness (QED) is 0.492. The highest BCUT2D eigenvalue weighted by atomic mass is 79.9. The maximum Gasteiger partial charge on any atom is 0.149 e. The van der Waals surface area contributed by atoms with Gasteiger partial charge in [0.05, 0.1) is 24.7 Å². The third-order valence-electron chi connectivity index (χ3n) is 3.17. The molecule has 0 atom stereocenters. The number of hydrogen-bond donors (Lipinski definition) is 2. The van der Waals surface area contributed by atoms with Gasteiger partial charge in [-0.05, 0) is 18.2 Å². The summed E-state index contributed by atoms with van der Waals surface area (Å²) in [6, 6.07) is 8.18. The average Bonchev–Trinajstić information content (AvgIpc) is 2.52. The van der Waals surface area contributed by atoms with E-state index in [1.807, 2.05) is 12.1 Å². The molecule has 0 bridgehead atoms. The minimum atomic E-state index is 0.522. The molecule has 2 aromatic rings. The lowest BCUT2D eigenvalue weighted by Gasteiger charge is -2.19. The number of aromatic nitrogens is 2. The van der Waals surface area contributed by atoms with Crippen LogP contribution < -0.4 is 11.3 Å². The number of fused-ring (bicyclic) bond motifs is 1. The molecule has 1 aliphatic rings. The zero-order valence-electron chi connectivity index (χ0n) is 11.3. The van der Waals surface area contributed by atoms with E-state index >= 15 is 0 Å². The monoisotopic (exact) mass is 366 g/mol. The highest BCUT2D eigenvalue weighted by Gasteiger charge is 2.17. The Morgan fingerprint density at radius 1 is 1.38 bits per heavy atom. The second-order valence-corrected chi connectivity index (χ2v) is 6.57. The van der Waals surface area contributed by atoms with Gasteiger partial charge in [-0.15, -0.1) is 11.8 Å². The van der Waals surface area contributed by atoms with Gasteiger partial charge in [0.15, 0.2) is 0 Å². The molecule has 0 spiro atoms. The molecule has 0 saturated carbocycles. The average molecular weight is 367 g/mol. The molecule has 0 amide bonds. The van der Waals surface area contributed by atoms with Crippen molar-refractivity contribution >= 4 is 33.5 Å². The van der Waals surface area contributed by atoms with Gasteiger partial charge in [-0.25, -0.2) is 15.8 Å². The second kappa shape index (κ2) is 6.74. The standard InChI is InChI=1S/C14H15BrN4OS/c15-9-2-1-3-10(6-9)21-8-13-17-12-4-5-20-7-11(12)14(18-13)19-16/h1-3,6H,4-5,7-8,16H2,(H,17,18,19). The first-order chi connectivity index (χ1) is 10.3. The van der Waals surface area contributed by atoms with Crippen molar-refractivity contribution in [3.8, 4) is 0 Å². The van der Waals surface area contributed by atoms with E-state index < -0.39 is 0 Å². The smallest absolute Gasteiger partial charge is 0.149 e. The largest absolute Gasteiger partial charge is 0.376 e. The number of anilines is 1. The van der Waals surface area contributed by atoms with E-state index in [9.17, 15) is 0 Å². The van der Waals surface area contributed by atoms with Crippen molar-refractivity contribution in [2.75, 3.05) is 12.0 Å². The number of ether oxygens (including phenoxy) is 1. The number of rotatable bonds is 4. The van der Waals surface area contributed by atoms with E-state index in [-0.39, 0.29) is 0 Å². The fourth-order valence-electron chi connectivity index (χ4n) is 2.17. The molecule has 1 aromatic carbocycles. The number of nitrogens with two attached hydrogens (primary N) is 1. The SMILES string of the molecule is NNc1nc(CSc2cccc(Br)c2)nc2c1COCC2. The molecule has 3 rings (SSSR count). The summed E-state index contributed by atoms with van der Waals surface area (Å²) < 4.78 is 6.50. The van der Waals surface area contributed by atoms with E-state index in [4.69, 9.17) is 10.6 Å². The minimum absolute atomic E-state index is 0.522. The molecule has 0 aliphatic carbocycles. The van der Waals surface area contributed by atoms with Gasteiger partial charge < -0.3 is 10.2 Å². The van der Waals surface area contributed by atoms with Gasteiger partial charge >= 0.3 is 0 Å². The van der Waals surface area contributed by atoms with E-state index in [1.165, 1.54) is 4.90 Å². The van der Waals surface area contributed by atoms with Crippen molar-refractivity contribution in [3.63, 3.8) is 0 Å². The van der Waals surface area contributed by atoms with Gasteiger partial charge in [-0.3, -0.25) is 0 Å². The van der Waals surface area contributed by atoms with Crippen LogP contribution in [0.1, 0.15) is 17.1 Å². The lowest BCUT2D eigenvalue weighted by molar-refractivity contribution is 0.109. The van der Waals surface area contributed by atoms with Gasteiger partial charge in [-0.1, -0.05) is 22.0 Å². The Morgan fingerprint density at radius 3 is 3.10 bits per heavy atom. The summed E-state index contributed by atoms with van der Waals surface area (Å²) in [5.74, 6) is 7.73. The van der Waals surface area contributed by atoms with Crippen LogP contribution in [0.4, 0.5) is 5.82 Å². The first kappa shape index (κ1) is 14.8. The Labute approximate surface area is 135 Å².